The molecule has 2 aromatic carbocycles. The number of carboxylic acid groups (broad SMARTS) is 1. The van der Waals surface area contributed by atoms with Crippen molar-refractivity contribution >= 4 is 22.9 Å². The van der Waals surface area contributed by atoms with Crippen LogP contribution in [0.4, 0.5) is 4.39 Å². The number of hydrogen-bond acceptors (Lipinski definition) is 5. The molecule has 0 saturated heterocycles. The number of nitrogens with zero attached hydrogens (tertiary/aromatic N) is 1. The van der Waals surface area contributed by atoms with Crippen LogP contribution in [0.15, 0.2) is 54.6 Å². The van der Waals surface area contributed by atoms with Crippen molar-refractivity contribution in [2.45, 2.75) is 43.8 Å². The molecule has 1 heterocycles. The van der Waals surface area contributed by atoms with Crippen molar-refractivity contribution in [3.63, 3.8) is 0 Å². The summed E-state index contributed by atoms with van der Waals surface area (Å²) in [6.45, 7) is 0. The molecule has 0 spiro atoms. The number of aromatic nitrogens is 1. The molecule has 1 aliphatic carbocycles. The summed E-state index contributed by atoms with van der Waals surface area (Å²) < 4.78 is 14.1. The molecule has 1 fully saturated rings. The predicted octanol–water partition coefficient (Wildman–Crippen LogP) is 0.187. The zero-order chi connectivity index (χ0) is 22.0. The Hall–Kier alpha value is -2.09. The number of aliphatic carboxylic acids is 1. The summed E-state index contributed by atoms with van der Waals surface area (Å²) >= 11 is 0. The largest absolute Gasteiger partial charge is 1.00 e. The van der Waals surface area contributed by atoms with Gasteiger partial charge in [-0.15, -0.1) is 0 Å². The third-order valence-electron chi connectivity index (χ3n) is 5.44. The summed E-state index contributed by atoms with van der Waals surface area (Å²) in [7, 11) is 0. The van der Waals surface area contributed by atoms with Crippen molar-refractivity contribution in [2.24, 2.45) is 0 Å². The van der Waals surface area contributed by atoms with Gasteiger partial charge in [0.2, 0.25) is 0 Å². The Labute approximate surface area is 207 Å². The number of halogens is 1. The Morgan fingerprint density at radius 2 is 1.94 bits per heavy atom. The van der Waals surface area contributed by atoms with E-state index >= 15 is 0 Å². The topological polar surface area (TPSA) is 93.5 Å². The van der Waals surface area contributed by atoms with Crippen LogP contribution in [0.3, 0.4) is 0 Å². The van der Waals surface area contributed by atoms with E-state index in [2.05, 4.69) is 0 Å². The van der Waals surface area contributed by atoms with E-state index in [9.17, 15) is 24.5 Å². The van der Waals surface area contributed by atoms with Crippen molar-refractivity contribution in [3.05, 3.63) is 71.7 Å². The number of carbonyl (C=O) groups is 1. The third kappa shape index (κ3) is 5.82. The standard InChI is InChI=1S/C25H24FNO4.Na/c26-17-5-3-4-16(12-17)24-20-6-1-2-7-22(20)27-25(15-8-9-15)21(24)11-10-18(28)13-19(29)14-23(30)31;/h1-7,10-12,15,18-19,28-29H,8-9,13-14H2,(H,30,31);/q;+1/p-1/b11-10+;/t18-,19-;/m1./s1. The Morgan fingerprint density at radius 1 is 1.19 bits per heavy atom. The maximum atomic E-state index is 14.1. The van der Waals surface area contributed by atoms with Gasteiger partial charge in [-0.25, -0.2) is 4.39 Å². The molecule has 0 unspecified atom stereocenters. The van der Waals surface area contributed by atoms with Gasteiger partial charge in [-0.2, -0.15) is 0 Å². The van der Waals surface area contributed by atoms with Crippen molar-refractivity contribution in [1.82, 2.24) is 4.98 Å². The Balaban J connectivity index is 0.00000289. The quantitative estimate of drug-likeness (QED) is 0.485. The first kappa shape index (κ1) is 24.6. The minimum Gasteiger partial charge on any atom is -0.550 e. The van der Waals surface area contributed by atoms with Gasteiger partial charge in [0, 0.05) is 41.2 Å². The van der Waals surface area contributed by atoms with E-state index < -0.39 is 24.6 Å². The van der Waals surface area contributed by atoms with Crippen molar-refractivity contribution in [1.29, 1.82) is 0 Å². The van der Waals surface area contributed by atoms with Crippen LogP contribution in [0.2, 0.25) is 0 Å². The number of rotatable bonds is 8. The van der Waals surface area contributed by atoms with Gasteiger partial charge in [0.25, 0.3) is 0 Å². The summed E-state index contributed by atoms with van der Waals surface area (Å²) in [4.78, 5) is 15.5. The van der Waals surface area contributed by atoms with Crippen LogP contribution in [-0.2, 0) is 4.79 Å². The van der Waals surface area contributed by atoms with Gasteiger partial charge < -0.3 is 20.1 Å². The molecule has 3 aromatic rings. The van der Waals surface area contributed by atoms with Crippen LogP contribution < -0.4 is 34.7 Å². The van der Waals surface area contributed by atoms with E-state index in [1.807, 2.05) is 30.3 Å². The Bertz CT molecular complexity index is 1150. The van der Waals surface area contributed by atoms with Crippen LogP contribution in [0.5, 0.6) is 0 Å². The molecule has 4 rings (SSSR count). The number of carbonyl (C=O) groups excluding carboxylic acids is 1. The second-order valence-corrected chi connectivity index (χ2v) is 7.98. The molecule has 1 saturated carbocycles. The first-order valence-corrected chi connectivity index (χ1v) is 10.3. The number of carboxylic acids is 1. The summed E-state index contributed by atoms with van der Waals surface area (Å²) in [5.41, 5.74) is 4.08. The SMILES string of the molecule is O=C([O-])C[C@H](O)C[C@H](O)/C=C/c1c(C2CC2)nc2ccccc2c1-c1cccc(F)c1.[Na+]. The smallest absolute Gasteiger partial charge is 0.550 e. The first-order valence-electron chi connectivity index (χ1n) is 10.3. The van der Waals surface area contributed by atoms with Gasteiger partial charge in [-0.3, -0.25) is 4.98 Å². The molecule has 1 aromatic heterocycles. The number of benzene rings is 2. The van der Waals surface area contributed by atoms with Crippen molar-refractivity contribution < 1.29 is 54.1 Å². The number of pyridine rings is 1. The van der Waals surface area contributed by atoms with Gasteiger partial charge in [-0.05, 0) is 36.6 Å². The molecular formula is C25H23FNNaO4. The first-order chi connectivity index (χ1) is 14.9. The maximum Gasteiger partial charge on any atom is 1.00 e. The average molecular weight is 443 g/mol. The molecular weight excluding hydrogens is 420 g/mol. The zero-order valence-electron chi connectivity index (χ0n) is 17.9. The molecule has 2 N–H and O–H groups in total. The van der Waals surface area contributed by atoms with Gasteiger partial charge in [-0.1, -0.05) is 42.5 Å². The fourth-order valence-electron chi connectivity index (χ4n) is 3.88. The monoisotopic (exact) mass is 443 g/mol. The van der Waals surface area contributed by atoms with E-state index in [0.29, 0.717) is 11.5 Å². The van der Waals surface area contributed by atoms with Crippen LogP contribution in [0.25, 0.3) is 28.1 Å². The number of fused-ring (bicyclic) bond motifs is 1. The zero-order valence-corrected chi connectivity index (χ0v) is 19.9. The summed E-state index contributed by atoms with van der Waals surface area (Å²) in [5.74, 6) is -1.41. The minimum absolute atomic E-state index is 0. The molecule has 160 valence electrons. The second-order valence-electron chi connectivity index (χ2n) is 7.98. The van der Waals surface area contributed by atoms with Gasteiger partial charge >= 0.3 is 29.6 Å². The molecule has 0 amide bonds. The molecule has 5 nitrogen and oxygen atoms in total. The molecule has 0 radical (unpaired) electrons. The number of para-hydroxylation sites is 1. The summed E-state index contributed by atoms with van der Waals surface area (Å²) in [5, 5.41) is 31.6. The molecule has 7 heteroatoms. The molecule has 0 aliphatic heterocycles. The normalized spacial score (nSPS) is 15.5. The number of aliphatic hydroxyl groups is 2. The van der Waals surface area contributed by atoms with E-state index in [1.54, 1.807) is 12.1 Å². The van der Waals surface area contributed by atoms with E-state index in [-0.39, 0.29) is 41.8 Å². The van der Waals surface area contributed by atoms with E-state index in [1.165, 1.54) is 18.2 Å². The average Bonchev–Trinajstić information content (AvgIpc) is 3.55. The van der Waals surface area contributed by atoms with Crippen LogP contribution >= 0.6 is 0 Å². The van der Waals surface area contributed by atoms with Gasteiger partial charge in [0.15, 0.2) is 0 Å². The van der Waals surface area contributed by atoms with Crippen LogP contribution in [-0.4, -0.2) is 33.4 Å². The van der Waals surface area contributed by atoms with Crippen LogP contribution in [0.1, 0.15) is 42.9 Å². The van der Waals surface area contributed by atoms with E-state index in [0.717, 1.165) is 40.6 Å². The number of hydrogen-bond donors (Lipinski definition) is 2. The second kappa shape index (κ2) is 10.7. The van der Waals surface area contributed by atoms with Crippen molar-refractivity contribution in [2.75, 3.05) is 0 Å². The predicted molar refractivity (Wildman–Crippen MR) is 114 cm³/mol. The van der Waals surface area contributed by atoms with Gasteiger partial charge in [0.1, 0.15) is 5.82 Å². The van der Waals surface area contributed by atoms with Crippen molar-refractivity contribution in [3.8, 4) is 11.1 Å². The summed E-state index contributed by atoms with van der Waals surface area (Å²) in [6.07, 6.45) is 2.40. The number of aliphatic hydroxyl groups excluding tert-OH is 2. The Morgan fingerprint density at radius 3 is 2.62 bits per heavy atom. The molecule has 32 heavy (non-hydrogen) atoms. The third-order valence-corrected chi connectivity index (χ3v) is 5.44. The molecule has 0 bridgehead atoms. The minimum atomic E-state index is -1.37. The Kier molecular flexibility index (Phi) is 8.20. The van der Waals surface area contributed by atoms with Crippen LogP contribution in [0, 0.1) is 5.82 Å². The molecule has 1 aliphatic rings. The van der Waals surface area contributed by atoms with Gasteiger partial charge in [0.05, 0.1) is 23.4 Å². The molecule has 2 atom stereocenters. The maximum absolute atomic E-state index is 14.1. The summed E-state index contributed by atoms with van der Waals surface area (Å²) in [6, 6.07) is 14.1. The fraction of sp³-hybridized carbons (Fsp3) is 0.280. The van der Waals surface area contributed by atoms with E-state index in [4.69, 9.17) is 4.98 Å². The fourth-order valence-corrected chi connectivity index (χ4v) is 3.88.